The maximum atomic E-state index is 12.5. The molecule has 0 radical (unpaired) electrons. The summed E-state index contributed by atoms with van der Waals surface area (Å²) in [5.41, 5.74) is 6.11. The van der Waals surface area contributed by atoms with E-state index in [1.165, 1.54) is 6.42 Å². The summed E-state index contributed by atoms with van der Waals surface area (Å²) in [6, 6.07) is 13.2. The van der Waals surface area contributed by atoms with Crippen molar-refractivity contribution in [1.29, 1.82) is 0 Å². The number of fused-ring (bicyclic) bond motifs is 2. The topological polar surface area (TPSA) is 53.9 Å². The van der Waals surface area contributed by atoms with Gasteiger partial charge >= 0.3 is 0 Å². The fourth-order valence-corrected chi connectivity index (χ4v) is 3.26. The zero-order valence-electron chi connectivity index (χ0n) is 14.3. The number of hydrazine groups is 1. The summed E-state index contributed by atoms with van der Waals surface area (Å²) in [5.74, 6) is 1.35. The Hall–Kier alpha value is -2.66. The summed E-state index contributed by atoms with van der Waals surface area (Å²) in [6.45, 7) is 3.77. The van der Waals surface area contributed by atoms with Gasteiger partial charge in [0.05, 0.1) is 0 Å². The summed E-state index contributed by atoms with van der Waals surface area (Å²) < 4.78 is 6.00. The minimum absolute atomic E-state index is 0.0979. The Kier molecular flexibility index (Phi) is 4.24. The summed E-state index contributed by atoms with van der Waals surface area (Å²) in [7, 11) is 0. The van der Waals surface area contributed by atoms with Crippen molar-refractivity contribution in [3.63, 3.8) is 0 Å². The van der Waals surface area contributed by atoms with Crippen LogP contribution in [0.1, 0.15) is 42.1 Å². The third-order valence-corrected chi connectivity index (χ3v) is 4.62. The van der Waals surface area contributed by atoms with Crippen molar-refractivity contribution >= 4 is 17.3 Å². The monoisotopic (exact) mass is 335 g/mol. The molecule has 2 aromatic carbocycles. The van der Waals surface area contributed by atoms with Crippen LogP contribution in [0.4, 0.5) is 5.69 Å². The quantitative estimate of drug-likeness (QED) is 0.900. The molecule has 0 saturated carbocycles. The zero-order chi connectivity index (χ0) is 17.2. The van der Waals surface area contributed by atoms with Crippen molar-refractivity contribution in [2.45, 2.75) is 26.2 Å². The second-order valence-corrected chi connectivity index (χ2v) is 6.47. The zero-order valence-corrected chi connectivity index (χ0v) is 14.3. The molecule has 0 bridgehead atoms. The minimum Gasteiger partial charge on any atom is -0.454 e. The van der Waals surface area contributed by atoms with Gasteiger partial charge in [0.15, 0.2) is 5.75 Å². The molecule has 128 valence electrons. The van der Waals surface area contributed by atoms with Crippen LogP contribution in [0.3, 0.4) is 0 Å². The van der Waals surface area contributed by atoms with Crippen molar-refractivity contribution in [3.8, 4) is 11.5 Å². The molecule has 0 unspecified atom stereocenters. The lowest BCUT2D eigenvalue weighted by Gasteiger charge is -2.26. The van der Waals surface area contributed by atoms with Crippen LogP contribution in [0.25, 0.3) is 0 Å². The number of carbonyl (C=O) groups excluding carboxylic acids is 1. The molecule has 0 aliphatic carbocycles. The average molecular weight is 335 g/mol. The van der Waals surface area contributed by atoms with Gasteiger partial charge in [0.1, 0.15) is 11.4 Å². The highest BCUT2D eigenvalue weighted by atomic mass is 16.5. The highest BCUT2D eigenvalue weighted by Gasteiger charge is 2.18. The second kappa shape index (κ2) is 6.69. The van der Waals surface area contributed by atoms with E-state index in [9.17, 15) is 4.79 Å². The van der Waals surface area contributed by atoms with Crippen LogP contribution in [0.5, 0.6) is 11.5 Å². The largest absolute Gasteiger partial charge is 0.454 e. The number of carbonyl (C=O) groups is 1. The molecule has 1 N–H and O–H groups in total. The molecule has 1 fully saturated rings. The Labute approximate surface area is 147 Å². The van der Waals surface area contributed by atoms with Gasteiger partial charge in [-0.25, -0.2) is 10.0 Å². The molecule has 2 aliphatic heterocycles. The third-order valence-electron chi connectivity index (χ3n) is 4.62. The van der Waals surface area contributed by atoms with E-state index in [-0.39, 0.29) is 5.91 Å². The Morgan fingerprint density at radius 3 is 2.72 bits per heavy atom. The number of amides is 1. The van der Waals surface area contributed by atoms with E-state index in [1.54, 1.807) is 12.1 Å². The highest BCUT2D eigenvalue weighted by Crippen LogP contribution is 2.38. The first-order chi connectivity index (χ1) is 12.2. The van der Waals surface area contributed by atoms with Gasteiger partial charge in [0.25, 0.3) is 5.91 Å². The molecule has 1 amide bonds. The number of benzene rings is 2. The molecule has 5 nitrogen and oxygen atoms in total. The maximum absolute atomic E-state index is 12.5. The van der Waals surface area contributed by atoms with Gasteiger partial charge in [-0.2, -0.15) is 0 Å². The number of nitrogens with one attached hydrogen (secondary N) is 1. The number of piperidine rings is 1. The van der Waals surface area contributed by atoms with Gasteiger partial charge < -0.3 is 4.74 Å². The van der Waals surface area contributed by atoms with E-state index in [0.717, 1.165) is 43.0 Å². The molecule has 0 atom stereocenters. The maximum Gasteiger partial charge on any atom is 0.265 e. The van der Waals surface area contributed by atoms with Crippen molar-refractivity contribution in [1.82, 2.24) is 10.4 Å². The van der Waals surface area contributed by atoms with E-state index in [0.29, 0.717) is 17.0 Å². The minimum atomic E-state index is -0.0979. The van der Waals surface area contributed by atoms with Gasteiger partial charge in [-0.15, -0.1) is 0 Å². The number of para-hydroxylation sites is 1. The number of aliphatic imine (C=N–C) groups is 1. The van der Waals surface area contributed by atoms with E-state index in [1.807, 2.05) is 42.3 Å². The number of hydrogen-bond acceptors (Lipinski definition) is 4. The third kappa shape index (κ3) is 3.28. The van der Waals surface area contributed by atoms with Gasteiger partial charge in [0.2, 0.25) is 0 Å². The fourth-order valence-electron chi connectivity index (χ4n) is 3.26. The first-order valence-electron chi connectivity index (χ1n) is 8.73. The van der Waals surface area contributed by atoms with Crippen LogP contribution in [-0.2, 0) is 0 Å². The van der Waals surface area contributed by atoms with Crippen LogP contribution in [0, 0.1) is 0 Å². The van der Waals surface area contributed by atoms with E-state index in [4.69, 9.17) is 4.74 Å². The van der Waals surface area contributed by atoms with Crippen LogP contribution in [-0.4, -0.2) is 29.7 Å². The first-order valence-corrected chi connectivity index (χ1v) is 8.73. The smallest absolute Gasteiger partial charge is 0.265 e. The van der Waals surface area contributed by atoms with Crippen LogP contribution in [0.2, 0.25) is 0 Å². The number of rotatable bonds is 2. The Morgan fingerprint density at radius 1 is 1.08 bits per heavy atom. The second-order valence-electron chi connectivity index (χ2n) is 6.47. The molecule has 5 heteroatoms. The van der Waals surface area contributed by atoms with Crippen molar-refractivity contribution in [2.24, 2.45) is 4.99 Å². The molecule has 2 heterocycles. The fraction of sp³-hybridized carbons (Fsp3) is 0.300. The van der Waals surface area contributed by atoms with Crippen LogP contribution in [0.15, 0.2) is 47.5 Å². The van der Waals surface area contributed by atoms with Gasteiger partial charge in [-0.3, -0.25) is 10.2 Å². The summed E-state index contributed by atoms with van der Waals surface area (Å²) in [5, 5.41) is 2.00. The molecule has 25 heavy (non-hydrogen) atoms. The van der Waals surface area contributed by atoms with E-state index >= 15 is 0 Å². The molecule has 0 aromatic heterocycles. The van der Waals surface area contributed by atoms with E-state index < -0.39 is 0 Å². The standard InChI is InChI=1S/C20H21N3O2/c1-14-16-7-3-4-8-18(16)25-19-10-9-15(13-17(19)21-14)20(24)22-23-11-5-2-6-12-23/h3-4,7-10,13H,2,5-6,11-12H2,1H3,(H,22,24). The Balaban J connectivity index is 1.61. The normalized spacial score (nSPS) is 16.8. The van der Waals surface area contributed by atoms with Gasteiger partial charge in [0, 0.05) is 29.9 Å². The summed E-state index contributed by atoms with van der Waals surface area (Å²) in [6.07, 6.45) is 3.48. The van der Waals surface area contributed by atoms with Gasteiger partial charge in [-0.05, 0) is 50.1 Å². The molecule has 2 aromatic rings. The predicted octanol–water partition coefficient (Wildman–Crippen LogP) is 4.06. The van der Waals surface area contributed by atoms with Crippen molar-refractivity contribution in [2.75, 3.05) is 13.1 Å². The van der Waals surface area contributed by atoms with Crippen molar-refractivity contribution < 1.29 is 9.53 Å². The molecule has 4 rings (SSSR count). The lowest BCUT2D eigenvalue weighted by molar-refractivity contribution is 0.0750. The van der Waals surface area contributed by atoms with E-state index in [2.05, 4.69) is 10.4 Å². The lowest BCUT2D eigenvalue weighted by Crippen LogP contribution is -2.45. The molecular formula is C20H21N3O2. The Morgan fingerprint density at radius 2 is 1.88 bits per heavy atom. The van der Waals surface area contributed by atoms with Crippen LogP contribution < -0.4 is 10.2 Å². The van der Waals surface area contributed by atoms with Gasteiger partial charge in [-0.1, -0.05) is 18.6 Å². The average Bonchev–Trinajstić information content (AvgIpc) is 2.78. The summed E-state index contributed by atoms with van der Waals surface area (Å²) >= 11 is 0. The number of hydrogen-bond donors (Lipinski definition) is 1. The SMILES string of the molecule is CC1=Nc2cc(C(=O)NN3CCCCC3)ccc2Oc2ccccc21. The number of nitrogens with zero attached hydrogens (tertiary/aromatic N) is 2. The Bertz CT molecular complexity index is 839. The summed E-state index contributed by atoms with van der Waals surface area (Å²) in [4.78, 5) is 17.2. The number of ether oxygens (including phenoxy) is 1. The first kappa shape index (κ1) is 15.8. The molecule has 0 spiro atoms. The molecule has 2 aliphatic rings. The molecule has 1 saturated heterocycles. The van der Waals surface area contributed by atoms with Crippen LogP contribution >= 0.6 is 0 Å². The highest BCUT2D eigenvalue weighted by molar-refractivity contribution is 6.04. The molecular weight excluding hydrogens is 314 g/mol. The van der Waals surface area contributed by atoms with Crippen molar-refractivity contribution in [3.05, 3.63) is 53.6 Å². The predicted molar refractivity (Wildman–Crippen MR) is 97.7 cm³/mol. The lowest BCUT2D eigenvalue weighted by atomic mass is 10.1.